The summed E-state index contributed by atoms with van der Waals surface area (Å²) in [6.07, 6.45) is 0.263. The van der Waals surface area contributed by atoms with Crippen LogP contribution in [0.5, 0.6) is 0 Å². The van der Waals surface area contributed by atoms with Crippen LogP contribution in [-0.4, -0.2) is 18.1 Å². The summed E-state index contributed by atoms with van der Waals surface area (Å²) in [6, 6.07) is 5.89. The second-order valence-corrected chi connectivity index (χ2v) is 5.07. The number of benzene rings is 1. The van der Waals surface area contributed by atoms with E-state index < -0.39 is 0 Å². The molecule has 16 heavy (non-hydrogen) atoms. The Hall–Kier alpha value is -0.810. The van der Waals surface area contributed by atoms with Crippen LogP contribution < -0.4 is 0 Å². The third-order valence-corrected chi connectivity index (χ3v) is 3.54. The molecule has 0 radical (unpaired) electrons. The van der Waals surface area contributed by atoms with Gasteiger partial charge in [-0.25, -0.2) is 0 Å². The standard InChI is InChI=1S/C11H9Br2NO2/c1-16-10(15)5-8-7-3-2-6(12)4-9(7)14-11(8)13/h2-4,14H,5H2,1H3. The number of fused-ring (bicyclic) bond motifs is 1. The van der Waals surface area contributed by atoms with Crippen LogP contribution in [0.3, 0.4) is 0 Å². The number of halogens is 2. The maximum absolute atomic E-state index is 11.3. The van der Waals surface area contributed by atoms with Crippen LogP contribution in [-0.2, 0) is 16.0 Å². The van der Waals surface area contributed by atoms with Gasteiger partial charge in [0.1, 0.15) is 0 Å². The van der Waals surface area contributed by atoms with E-state index in [0.29, 0.717) is 0 Å². The fourth-order valence-corrected chi connectivity index (χ4v) is 2.51. The van der Waals surface area contributed by atoms with Crippen LogP contribution >= 0.6 is 31.9 Å². The molecular formula is C11H9Br2NO2. The minimum absolute atomic E-state index is 0.246. The Kier molecular flexibility index (Phi) is 3.35. The molecule has 2 aromatic rings. The first-order valence-corrected chi connectivity index (χ1v) is 6.23. The number of nitrogens with one attached hydrogen (secondary N) is 1. The summed E-state index contributed by atoms with van der Waals surface area (Å²) in [4.78, 5) is 14.5. The number of H-pyrrole nitrogens is 1. The average molecular weight is 347 g/mol. The van der Waals surface area contributed by atoms with Crippen molar-refractivity contribution in [3.05, 3.63) is 32.8 Å². The monoisotopic (exact) mass is 345 g/mol. The van der Waals surface area contributed by atoms with Crippen LogP contribution in [0.25, 0.3) is 10.9 Å². The molecule has 1 N–H and O–H groups in total. The number of esters is 1. The second kappa shape index (κ2) is 4.59. The lowest BCUT2D eigenvalue weighted by molar-refractivity contribution is -0.139. The van der Waals surface area contributed by atoms with Crippen molar-refractivity contribution in [3.63, 3.8) is 0 Å². The first-order chi connectivity index (χ1) is 7.61. The Bertz CT molecular complexity index is 548. The summed E-state index contributed by atoms with van der Waals surface area (Å²) >= 11 is 6.82. The van der Waals surface area contributed by atoms with Gasteiger partial charge in [-0.05, 0) is 28.1 Å². The largest absolute Gasteiger partial charge is 0.469 e. The van der Waals surface area contributed by atoms with Gasteiger partial charge in [-0.2, -0.15) is 0 Å². The molecule has 2 rings (SSSR count). The van der Waals surface area contributed by atoms with Crippen LogP contribution in [0.2, 0.25) is 0 Å². The maximum Gasteiger partial charge on any atom is 0.310 e. The molecule has 0 fully saturated rings. The zero-order chi connectivity index (χ0) is 11.7. The second-order valence-electron chi connectivity index (χ2n) is 3.36. The highest BCUT2D eigenvalue weighted by Gasteiger charge is 2.13. The third-order valence-electron chi connectivity index (χ3n) is 2.36. The molecule has 0 bridgehead atoms. The molecule has 1 aromatic heterocycles. The van der Waals surface area contributed by atoms with Crippen molar-refractivity contribution in [2.24, 2.45) is 0 Å². The molecule has 0 aliphatic carbocycles. The predicted octanol–water partition coefficient (Wildman–Crippen LogP) is 3.41. The van der Waals surface area contributed by atoms with Gasteiger partial charge in [0.05, 0.1) is 18.1 Å². The van der Waals surface area contributed by atoms with Gasteiger partial charge >= 0.3 is 5.97 Å². The fraction of sp³-hybridized carbons (Fsp3) is 0.182. The molecule has 0 unspecified atom stereocenters. The van der Waals surface area contributed by atoms with E-state index in [4.69, 9.17) is 0 Å². The van der Waals surface area contributed by atoms with Gasteiger partial charge in [-0.1, -0.05) is 22.0 Å². The van der Waals surface area contributed by atoms with Gasteiger partial charge in [0.2, 0.25) is 0 Å². The molecule has 0 spiro atoms. The summed E-state index contributed by atoms with van der Waals surface area (Å²) in [5, 5.41) is 1.03. The van der Waals surface area contributed by atoms with Crippen molar-refractivity contribution >= 4 is 48.7 Å². The molecule has 84 valence electrons. The molecule has 0 saturated heterocycles. The Morgan fingerprint density at radius 3 is 2.88 bits per heavy atom. The molecule has 0 aliphatic heterocycles. The number of methoxy groups -OCH3 is 1. The number of hydrogen-bond acceptors (Lipinski definition) is 2. The van der Waals surface area contributed by atoms with Gasteiger partial charge < -0.3 is 9.72 Å². The number of rotatable bonds is 2. The molecule has 0 atom stereocenters. The lowest BCUT2D eigenvalue weighted by atomic mass is 10.1. The molecule has 1 heterocycles. The number of ether oxygens (including phenoxy) is 1. The van der Waals surface area contributed by atoms with Crippen molar-refractivity contribution in [3.8, 4) is 0 Å². The van der Waals surface area contributed by atoms with Crippen LogP contribution in [0.15, 0.2) is 27.3 Å². The number of hydrogen-bond donors (Lipinski definition) is 1. The number of aromatic amines is 1. The van der Waals surface area contributed by atoms with E-state index in [9.17, 15) is 4.79 Å². The molecule has 0 saturated carbocycles. The van der Waals surface area contributed by atoms with Crippen molar-refractivity contribution in [2.45, 2.75) is 6.42 Å². The summed E-state index contributed by atoms with van der Waals surface area (Å²) in [6.45, 7) is 0. The van der Waals surface area contributed by atoms with E-state index in [1.54, 1.807) is 0 Å². The Labute approximate surface area is 109 Å². The molecule has 0 amide bonds. The zero-order valence-electron chi connectivity index (χ0n) is 8.51. The molecule has 5 heteroatoms. The Morgan fingerprint density at radius 1 is 1.44 bits per heavy atom. The highest BCUT2D eigenvalue weighted by atomic mass is 79.9. The molecular weight excluding hydrogens is 338 g/mol. The van der Waals surface area contributed by atoms with E-state index in [1.165, 1.54) is 7.11 Å². The molecule has 3 nitrogen and oxygen atoms in total. The SMILES string of the molecule is COC(=O)Cc1c(Br)[nH]c2cc(Br)ccc12. The first-order valence-electron chi connectivity index (χ1n) is 4.64. The lowest BCUT2D eigenvalue weighted by Crippen LogP contribution is -2.04. The quantitative estimate of drug-likeness (QED) is 0.847. The van der Waals surface area contributed by atoms with E-state index in [1.807, 2.05) is 18.2 Å². The number of aromatic nitrogens is 1. The average Bonchev–Trinajstić information content (AvgIpc) is 2.54. The molecule has 0 aliphatic rings. The van der Waals surface area contributed by atoms with E-state index >= 15 is 0 Å². The summed E-state index contributed by atoms with van der Waals surface area (Å²) in [5.74, 6) is -0.246. The smallest absolute Gasteiger partial charge is 0.310 e. The van der Waals surface area contributed by atoms with E-state index in [2.05, 4.69) is 41.6 Å². The Balaban J connectivity index is 2.52. The number of carbonyl (C=O) groups excluding carboxylic acids is 1. The van der Waals surface area contributed by atoms with Gasteiger partial charge in [0.15, 0.2) is 0 Å². The highest BCUT2D eigenvalue weighted by molar-refractivity contribution is 9.10. The van der Waals surface area contributed by atoms with Crippen LogP contribution in [0.1, 0.15) is 5.56 Å². The van der Waals surface area contributed by atoms with Gasteiger partial charge in [-0.15, -0.1) is 0 Å². The summed E-state index contributed by atoms with van der Waals surface area (Å²) < 4.78 is 6.49. The predicted molar refractivity (Wildman–Crippen MR) is 69.4 cm³/mol. The first kappa shape index (κ1) is 11.7. The fourth-order valence-electron chi connectivity index (χ4n) is 1.58. The van der Waals surface area contributed by atoms with E-state index in [-0.39, 0.29) is 12.4 Å². The molecule has 1 aromatic carbocycles. The minimum Gasteiger partial charge on any atom is -0.469 e. The highest BCUT2D eigenvalue weighted by Crippen LogP contribution is 2.29. The van der Waals surface area contributed by atoms with Crippen LogP contribution in [0.4, 0.5) is 0 Å². The van der Waals surface area contributed by atoms with Crippen molar-refractivity contribution in [1.82, 2.24) is 4.98 Å². The van der Waals surface area contributed by atoms with E-state index in [0.717, 1.165) is 25.5 Å². The van der Waals surface area contributed by atoms with Gasteiger partial charge in [0, 0.05) is 20.9 Å². The zero-order valence-corrected chi connectivity index (χ0v) is 11.7. The van der Waals surface area contributed by atoms with Gasteiger partial charge in [-0.3, -0.25) is 4.79 Å². The third kappa shape index (κ3) is 2.15. The van der Waals surface area contributed by atoms with Crippen LogP contribution in [0, 0.1) is 0 Å². The maximum atomic E-state index is 11.3. The normalized spacial score (nSPS) is 10.7. The Morgan fingerprint density at radius 2 is 2.19 bits per heavy atom. The summed E-state index contributed by atoms with van der Waals surface area (Å²) in [7, 11) is 1.39. The lowest BCUT2D eigenvalue weighted by Gasteiger charge is -1.99. The van der Waals surface area contributed by atoms with Crippen molar-refractivity contribution in [2.75, 3.05) is 7.11 Å². The van der Waals surface area contributed by atoms with Crippen molar-refractivity contribution in [1.29, 1.82) is 0 Å². The van der Waals surface area contributed by atoms with Gasteiger partial charge in [0.25, 0.3) is 0 Å². The summed E-state index contributed by atoms with van der Waals surface area (Å²) in [5.41, 5.74) is 1.91. The van der Waals surface area contributed by atoms with Crippen molar-refractivity contribution < 1.29 is 9.53 Å². The number of carbonyl (C=O) groups is 1. The minimum atomic E-state index is -0.246. The topological polar surface area (TPSA) is 42.1 Å².